The molecule has 2 aromatic rings. The van der Waals surface area contributed by atoms with Gasteiger partial charge in [-0.2, -0.15) is 5.10 Å². The van der Waals surface area contributed by atoms with E-state index in [9.17, 15) is 0 Å². The molecule has 3 rings (SSSR count). The quantitative estimate of drug-likeness (QED) is 0.770. The molecule has 0 bridgehead atoms. The predicted molar refractivity (Wildman–Crippen MR) is 98.4 cm³/mol. The van der Waals surface area contributed by atoms with Crippen LogP contribution in [0.3, 0.4) is 0 Å². The van der Waals surface area contributed by atoms with Gasteiger partial charge in [-0.05, 0) is 38.4 Å². The second-order valence-electron chi connectivity index (χ2n) is 6.76. The molecule has 1 fully saturated rings. The van der Waals surface area contributed by atoms with Crippen molar-refractivity contribution in [1.29, 1.82) is 0 Å². The van der Waals surface area contributed by atoms with E-state index in [4.69, 9.17) is 4.74 Å². The molecule has 0 radical (unpaired) electrons. The molecule has 0 N–H and O–H groups in total. The third-order valence-corrected chi connectivity index (χ3v) is 5.44. The largest absolute Gasteiger partial charge is 0.379 e. The van der Waals surface area contributed by atoms with Gasteiger partial charge in [0.05, 0.1) is 24.9 Å². The first-order valence-corrected chi connectivity index (χ1v) is 9.59. The van der Waals surface area contributed by atoms with E-state index < -0.39 is 0 Å². The maximum Gasteiger partial charge on any atom is 0.0764 e. The lowest BCUT2D eigenvalue weighted by atomic mass is 10.1. The van der Waals surface area contributed by atoms with Gasteiger partial charge in [0, 0.05) is 43.3 Å². The van der Waals surface area contributed by atoms with Crippen molar-refractivity contribution >= 4 is 11.3 Å². The van der Waals surface area contributed by atoms with Gasteiger partial charge in [-0.3, -0.25) is 14.5 Å². The molecule has 5 nitrogen and oxygen atoms in total. The molecule has 0 saturated carbocycles. The Bertz CT molecular complexity index is 604. The summed E-state index contributed by atoms with van der Waals surface area (Å²) >= 11 is 1.85. The van der Waals surface area contributed by atoms with E-state index >= 15 is 0 Å². The molecule has 0 aromatic carbocycles. The summed E-state index contributed by atoms with van der Waals surface area (Å²) in [6.45, 7) is 9.91. The van der Waals surface area contributed by atoms with Crippen LogP contribution in [-0.2, 0) is 11.3 Å². The second-order valence-corrected chi connectivity index (χ2v) is 7.74. The van der Waals surface area contributed by atoms with E-state index in [-0.39, 0.29) is 0 Å². The summed E-state index contributed by atoms with van der Waals surface area (Å²) < 4.78 is 7.56. The van der Waals surface area contributed by atoms with Gasteiger partial charge < -0.3 is 4.74 Å². The summed E-state index contributed by atoms with van der Waals surface area (Å²) in [6, 6.07) is 7.39. The summed E-state index contributed by atoms with van der Waals surface area (Å²) in [5, 5.41) is 6.85. The number of nitrogens with zero attached hydrogens (tertiary/aromatic N) is 4. The van der Waals surface area contributed by atoms with E-state index in [0.717, 1.165) is 45.1 Å². The summed E-state index contributed by atoms with van der Waals surface area (Å²) in [4.78, 5) is 6.38. The van der Waals surface area contributed by atoms with Gasteiger partial charge in [-0.1, -0.05) is 6.07 Å². The SMILES string of the molecule is CC(C)n1ccc(CN(C)C[C@H](c2cccs2)N2CCOCC2)n1. The topological polar surface area (TPSA) is 33.5 Å². The molecular weight excluding hydrogens is 320 g/mol. The Morgan fingerprint density at radius 3 is 2.71 bits per heavy atom. The van der Waals surface area contributed by atoms with Gasteiger partial charge in [-0.25, -0.2) is 0 Å². The smallest absolute Gasteiger partial charge is 0.0764 e. The third-order valence-electron chi connectivity index (χ3n) is 4.47. The van der Waals surface area contributed by atoms with Crippen LogP contribution in [0.25, 0.3) is 0 Å². The van der Waals surface area contributed by atoms with Crippen molar-refractivity contribution in [2.24, 2.45) is 0 Å². The zero-order valence-electron chi connectivity index (χ0n) is 14.9. The Morgan fingerprint density at radius 1 is 1.29 bits per heavy atom. The van der Waals surface area contributed by atoms with Crippen molar-refractivity contribution in [2.45, 2.75) is 32.5 Å². The van der Waals surface area contributed by atoms with Crippen LogP contribution in [0.4, 0.5) is 0 Å². The lowest BCUT2D eigenvalue weighted by molar-refractivity contribution is 0.00956. The van der Waals surface area contributed by atoms with E-state index in [2.05, 4.69) is 65.6 Å². The summed E-state index contributed by atoms with van der Waals surface area (Å²) in [6.07, 6.45) is 2.08. The minimum atomic E-state index is 0.413. The molecule has 0 aliphatic carbocycles. The monoisotopic (exact) mass is 348 g/mol. The fourth-order valence-electron chi connectivity index (χ4n) is 3.14. The van der Waals surface area contributed by atoms with Gasteiger partial charge in [0.15, 0.2) is 0 Å². The van der Waals surface area contributed by atoms with Crippen LogP contribution in [0, 0.1) is 0 Å². The Morgan fingerprint density at radius 2 is 2.08 bits per heavy atom. The Kier molecular flexibility index (Phi) is 6.05. The van der Waals surface area contributed by atoms with Crippen LogP contribution in [0.5, 0.6) is 0 Å². The van der Waals surface area contributed by atoms with Crippen LogP contribution in [0.1, 0.15) is 36.5 Å². The van der Waals surface area contributed by atoms with Gasteiger partial charge in [-0.15, -0.1) is 11.3 Å². The summed E-state index contributed by atoms with van der Waals surface area (Å²) in [7, 11) is 2.19. The van der Waals surface area contributed by atoms with Crippen LogP contribution in [0.2, 0.25) is 0 Å². The molecule has 24 heavy (non-hydrogen) atoms. The summed E-state index contributed by atoms with van der Waals surface area (Å²) in [5.41, 5.74) is 1.14. The number of aromatic nitrogens is 2. The molecule has 0 unspecified atom stereocenters. The number of thiophene rings is 1. The lowest BCUT2D eigenvalue weighted by Crippen LogP contribution is -2.42. The van der Waals surface area contributed by atoms with Gasteiger partial charge in [0.2, 0.25) is 0 Å². The first-order valence-electron chi connectivity index (χ1n) is 8.71. The number of hydrogen-bond donors (Lipinski definition) is 0. The minimum absolute atomic E-state index is 0.413. The number of ether oxygens (including phenoxy) is 1. The number of hydrogen-bond acceptors (Lipinski definition) is 5. The van der Waals surface area contributed by atoms with E-state index in [0.29, 0.717) is 12.1 Å². The number of morpholine rings is 1. The average Bonchev–Trinajstić information content (AvgIpc) is 3.25. The average molecular weight is 349 g/mol. The minimum Gasteiger partial charge on any atom is -0.379 e. The number of likely N-dealkylation sites (N-methyl/N-ethyl adjacent to an activating group) is 1. The van der Waals surface area contributed by atoms with E-state index in [1.165, 1.54) is 4.88 Å². The van der Waals surface area contributed by atoms with Crippen molar-refractivity contribution in [3.63, 3.8) is 0 Å². The van der Waals surface area contributed by atoms with Gasteiger partial charge in [0.1, 0.15) is 0 Å². The molecule has 1 saturated heterocycles. The van der Waals surface area contributed by atoms with Crippen molar-refractivity contribution in [2.75, 3.05) is 39.9 Å². The molecule has 1 atom stereocenters. The molecule has 1 aliphatic rings. The molecule has 6 heteroatoms. The molecular formula is C18H28N4OS. The first kappa shape index (κ1) is 17.6. The van der Waals surface area contributed by atoms with Crippen molar-refractivity contribution in [3.05, 3.63) is 40.3 Å². The second kappa shape index (κ2) is 8.25. The molecule has 132 valence electrons. The fraction of sp³-hybridized carbons (Fsp3) is 0.611. The van der Waals surface area contributed by atoms with Crippen molar-refractivity contribution in [1.82, 2.24) is 19.6 Å². The lowest BCUT2D eigenvalue weighted by Gasteiger charge is -2.36. The van der Waals surface area contributed by atoms with Gasteiger partial charge in [0.25, 0.3) is 0 Å². The summed E-state index contributed by atoms with van der Waals surface area (Å²) in [5.74, 6) is 0. The highest BCUT2D eigenvalue weighted by atomic mass is 32.1. The Balaban J connectivity index is 1.64. The molecule has 1 aliphatic heterocycles. The van der Waals surface area contributed by atoms with Crippen LogP contribution >= 0.6 is 11.3 Å². The maximum absolute atomic E-state index is 5.53. The van der Waals surface area contributed by atoms with Crippen LogP contribution in [-0.4, -0.2) is 59.5 Å². The molecule has 3 heterocycles. The van der Waals surface area contributed by atoms with Crippen LogP contribution in [0.15, 0.2) is 29.8 Å². The normalized spacial score (nSPS) is 17.7. The molecule has 2 aromatic heterocycles. The first-order chi connectivity index (χ1) is 11.6. The molecule has 0 spiro atoms. The standard InChI is InChI=1S/C18H28N4OS/c1-15(2)22-7-6-16(19-22)13-20(3)14-17(18-5-4-12-24-18)21-8-10-23-11-9-21/h4-7,12,15,17H,8-11,13-14H2,1-3H3/t17-/m1/s1. The number of rotatable bonds is 7. The fourth-order valence-corrected chi connectivity index (χ4v) is 3.99. The highest BCUT2D eigenvalue weighted by Gasteiger charge is 2.24. The maximum atomic E-state index is 5.53. The Labute approximate surface area is 148 Å². The zero-order valence-corrected chi connectivity index (χ0v) is 15.7. The zero-order chi connectivity index (χ0) is 16.9. The highest BCUT2D eigenvalue weighted by Crippen LogP contribution is 2.27. The van der Waals surface area contributed by atoms with Gasteiger partial charge >= 0.3 is 0 Å². The molecule has 0 amide bonds. The van der Waals surface area contributed by atoms with E-state index in [1.807, 2.05) is 16.0 Å². The Hall–Kier alpha value is -1.21. The third kappa shape index (κ3) is 4.45. The highest BCUT2D eigenvalue weighted by molar-refractivity contribution is 7.10. The predicted octanol–water partition coefficient (Wildman–Crippen LogP) is 3.03. The van der Waals surface area contributed by atoms with E-state index in [1.54, 1.807) is 0 Å². The van der Waals surface area contributed by atoms with Crippen molar-refractivity contribution < 1.29 is 4.74 Å². The van der Waals surface area contributed by atoms with Crippen molar-refractivity contribution in [3.8, 4) is 0 Å². The van der Waals surface area contributed by atoms with Crippen LogP contribution < -0.4 is 0 Å².